The molecule has 0 spiro atoms. The van der Waals surface area contributed by atoms with Crippen LogP contribution >= 0.6 is 12.4 Å². The molecule has 0 saturated carbocycles. The summed E-state index contributed by atoms with van der Waals surface area (Å²) in [5.41, 5.74) is 2.19. The molecule has 2 N–H and O–H groups in total. The maximum Gasteiger partial charge on any atom is 0.276 e. The van der Waals surface area contributed by atoms with Crippen molar-refractivity contribution < 1.29 is 9.53 Å². The largest absolute Gasteiger partial charge is 0.494 e. The highest BCUT2D eigenvalue weighted by atomic mass is 35.5. The molecule has 0 aliphatic carbocycles. The van der Waals surface area contributed by atoms with Gasteiger partial charge in [0.2, 0.25) is 0 Å². The van der Waals surface area contributed by atoms with E-state index in [4.69, 9.17) is 4.74 Å². The molecule has 1 fully saturated rings. The number of rotatable bonds is 6. The first-order valence-corrected chi connectivity index (χ1v) is 8.98. The number of amides is 1. The maximum atomic E-state index is 12.5. The number of ether oxygens (including phenoxy) is 1. The van der Waals surface area contributed by atoms with Crippen LogP contribution in [0.2, 0.25) is 0 Å². The first-order valence-electron chi connectivity index (χ1n) is 8.98. The Balaban J connectivity index is 0.00000243. The quantitative estimate of drug-likeness (QED) is 0.806. The molecular formula is C19H27ClN4O2. The van der Waals surface area contributed by atoms with Gasteiger partial charge in [0.25, 0.3) is 5.91 Å². The molecule has 1 aromatic heterocycles. The molecule has 7 heteroatoms. The maximum absolute atomic E-state index is 12.5. The lowest BCUT2D eigenvalue weighted by molar-refractivity contribution is 0.102. The lowest BCUT2D eigenvalue weighted by Gasteiger charge is -2.22. The van der Waals surface area contributed by atoms with Crippen molar-refractivity contribution in [3.05, 3.63) is 41.7 Å². The fourth-order valence-corrected chi connectivity index (χ4v) is 2.99. The van der Waals surface area contributed by atoms with Crippen LogP contribution in [0.4, 0.5) is 5.69 Å². The number of anilines is 1. The van der Waals surface area contributed by atoms with E-state index in [1.807, 2.05) is 36.0 Å². The number of hydrogen-bond acceptors (Lipinski definition) is 4. The molecule has 1 aliphatic heterocycles. The molecule has 1 aromatic carbocycles. The Morgan fingerprint density at radius 3 is 2.96 bits per heavy atom. The SMILES string of the molecule is CCCOc1ccc(NC(=O)c2ccn(C3CCCNC3)n2)c(C)c1.Cl. The third kappa shape index (κ3) is 4.99. The number of piperidine rings is 1. The van der Waals surface area contributed by atoms with E-state index in [1.165, 1.54) is 0 Å². The van der Waals surface area contributed by atoms with Crippen molar-refractivity contribution in [1.82, 2.24) is 15.1 Å². The van der Waals surface area contributed by atoms with Gasteiger partial charge in [0.15, 0.2) is 5.69 Å². The Bertz CT molecular complexity index is 726. The molecule has 0 radical (unpaired) electrons. The van der Waals surface area contributed by atoms with Crippen LogP contribution in [0, 0.1) is 6.92 Å². The molecular weight excluding hydrogens is 352 g/mol. The number of halogens is 1. The van der Waals surface area contributed by atoms with E-state index in [9.17, 15) is 4.79 Å². The van der Waals surface area contributed by atoms with Crippen LogP contribution in [-0.2, 0) is 0 Å². The average Bonchev–Trinajstić information content (AvgIpc) is 3.13. The van der Waals surface area contributed by atoms with Crippen LogP contribution in [0.1, 0.15) is 48.3 Å². The van der Waals surface area contributed by atoms with Crippen LogP contribution in [-0.4, -0.2) is 35.4 Å². The standard InChI is InChI=1S/C19H26N4O2.ClH/c1-3-11-25-16-6-7-17(14(2)12-16)21-19(24)18-8-10-23(22-18)15-5-4-9-20-13-15;/h6-8,10,12,15,20H,3-5,9,11,13H2,1-2H3,(H,21,24);1H. The highest BCUT2D eigenvalue weighted by molar-refractivity contribution is 6.03. The van der Waals surface area contributed by atoms with Crippen LogP contribution in [0.3, 0.4) is 0 Å². The molecule has 3 rings (SSSR count). The average molecular weight is 379 g/mol. The van der Waals surface area contributed by atoms with Crippen molar-refractivity contribution in [2.24, 2.45) is 0 Å². The van der Waals surface area contributed by atoms with Gasteiger partial charge < -0.3 is 15.4 Å². The van der Waals surface area contributed by atoms with Gasteiger partial charge in [0, 0.05) is 18.4 Å². The number of nitrogens with zero attached hydrogens (tertiary/aromatic N) is 2. The third-order valence-corrected chi connectivity index (χ3v) is 4.40. The Kier molecular flexibility index (Phi) is 7.48. The number of carbonyl (C=O) groups excluding carboxylic acids is 1. The Hall–Kier alpha value is -2.05. The van der Waals surface area contributed by atoms with E-state index in [-0.39, 0.29) is 18.3 Å². The summed E-state index contributed by atoms with van der Waals surface area (Å²) < 4.78 is 7.52. The number of aromatic nitrogens is 2. The number of hydrogen-bond donors (Lipinski definition) is 2. The van der Waals surface area contributed by atoms with Crippen molar-refractivity contribution in [3.63, 3.8) is 0 Å². The minimum absolute atomic E-state index is 0. The van der Waals surface area contributed by atoms with Crippen molar-refractivity contribution in [3.8, 4) is 5.75 Å². The fourth-order valence-electron chi connectivity index (χ4n) is 2.99. The van der Waals surface area contributed by atoms with Gasteiger partial charge in [-0.05, 0) is 62.6 Å². The van der Waals surface area contributed by atoms with Gasteiger partial charge >= 0.3 is 0 Å². The minimum atomic E-state index is -0.187. The summed E-state index contributed by atoms with van der Waals surface area (Å²) in [5.74, 6) is 0.638. The van der Waals surface area contributed by atoms with Crippen LogP contribution in [0.25, 0.3) is 0 Å². The van der Waals surface area contributed by atoms with E-state index in [1.54, 1.807) is 6.07 Å². The molecule has 1 saturated heterocycles. The van der Waals surface area contributed by atoms with Crippen LogP contribution < -0.4 is 15.4 Å². The van der Waals surface area contributed by atoms with Gasteiger partial charge in [0.1, 0.15) is 5.75 Å². The first kappa shape index (κ1) is 20.3. The van der Waals surface area contributed by atoms with Crippen LogP contribution in [0.5, 0.6) is 5.75 Å². The Labute approximate surface area is 160 Å². The zero-order valence-electron chi connectivity index (χ0n) is 15.3. The summed E-state index contributed by atoms with van der Waals surface area (Å²) in [6, 6.07) is 7.80. The Morgan fingerprint density at radius 1 is 1.42 bits per heavy atom. The Morgan fingerprint density at radius 2 is 2.27 bits per heavy atom. The van der Waals surface area contributed by atoms with Crippen molar-refractivity contribution in [2.45, 2.75) is 39.2 Å². The number of nitrogens with one attached hydrogen (secondary N) is 2. The predicted molar refractivity (Wildman–Crippen MR) is 106 cm³/mol. The zero-order chi connectivity index (χ0) is 17.6. The summed E-state index contributed by atoms with van der Waals surface area (Å²) in [6.07, 6.45) is 5.09. The highest BCUT2D eigenvalue weighted by Gasteiger charge is 2.18. The van der Waals surface area contributed by atoms with E-state index in [2.05, 4.69) is 22.7 Å². The van der Waals surface area contributed by atoms with E-state index in [0.717, 1.165) is 49.4 Å². The third-order valence-electron chi connectivity index (χ3n) is 4.40. The highest BCUT2D eigenvalue weighted by Crippen LogP contribution is 2.22. The summed E-state index contributed by atoms with van der Waals surface area (Å²) in [4.78, 5) is 12.5. The summed E-state index contributed by atoms with van der Waals surface area (Å²) >= 11 is 0. The molecule has 6 nitrogen and oxygen atoms in total. The van der Waals surface area contributed by atoms with Crippen molar-refractivity contribution in [2.75, 3.05) is 25.0 Å². The molecule has 1 amide bonds. The number of carbonyl (C=O) groups is 1. The molecule has 1 atom stereocenters. The zero-order valence-corrected chi connectivity index (χ0v) is 16.1. The molecule has 1 unspecified atom stereocenters. The number of aryl methyl sites for hydroxylation is 1. The molecule has 0 bridgehead atoms. The normalized spacial score (nSPS) is 16.6. The second-order valence-corrected chi connectivity index (χ2v) is 6.46. The van der Waals surface area contributed by atoms with E-state index in [0.29, 0.717) is 18.3 Å². The first-order chi connectivity index (χ1) is 12.2. The predicted octanol–water partition coefficient (Wildman–Crippen LogP) is 3.58. The van der Waals surface area contributed by atoms with Gasteiger partial charge in [0.05, 0.1) is 12.6 Å². The van der Waals surface area contributed by atoms with Gasteiger partial charge in [-0.25, -0.2) is 0 Å². The van der Waals surface area contributed by atoms with E-state index >= 15 is 0 Å². The lowest BCUT2D eigenvalue weighted by Crippen LogP contribution is -2.32. The van der Waals surface area contributed by atoms with Crippen molar-refractivity contribution in [1.29, 1.82) is 0 Å². The molecule has 26 heavy (non-hydrogen) atoms. The van der Waals surface area contributed by atoms with Gasteiger partial charge in [-0.3, -0.25) is 9.48 Å². The second kappa shape index (κ2) is 9.59. The monoisotopic (exact) mass is 378 g/mol. The smallest absolute Gasteiger partial charge is 0.276 e. The summed E-state index contributed by atoms with van der Waals surface area (Å²) in [5, 5.41) is 10.8. The van der Waals surface area contributed by atoms with Gasteiger partial charge in [-0.1, -0.05) is 6.92 Å². The van der Waals surface area contributed by atoms with Crippen molar-refractivity contribution >= 4 is 24.0 Å². The molecule has 1 aliphatic rings. The van der Waals surface area contributed by atoms with Gasteiger partial charge in [-0.15, -0.1) is 12.4 Å². The van der Waals surface area contributed by atoms with Gasteiger partial charge in [-0.2, -0.15) is 5.10 Å². The minimum Gasteiger partial charge on any atom is -0.494 e. The summed E-state index contributed by atoms with van der Waals surface area (Å²) in [6.45, 7) is 6.69. The fraction of sp³-hybridized carbons (Fsp3) is 0.474. The summed E-state index contributed by atoms with van der Waals surface area (Å²) in [7, 11) is 0. The van der Waals surface area contributed by atoms with Crippen LogP contribution in [0.15, 0.2) is 30.5 Å². The second-order valence-electron chi connectivity index (χ2n) is 6.46. The topological polar surface area (TPSA) is 68.2 Å². The van der Waals surface area contributed by atoms with E-state index < -0.39 is 0 Å². The number of benzene rings is 1. The molecule has 2 aromatic rings. The lowest BCUT2D eigenvalue weighted by atomic mass is 10.1. The molecule has 2 heterocycles. The molecule has 142 valence electrons.